The fourth-order valence-electron chi connectivity index (χ4n) is 1.56. The molecular formula is C11H12F5N. The Kier molecular flexibility index (Phi) is 3.76. The Morgan fingerprint density at radius 1 is 1.06 bits per heavy atom. The first-order valence-electron chi connectivity index (χ1n) is 4.99. The highest BCUT2D eigenvalue weighted by atomic mass is 19.4. The Hall–Kier alpha value is -1.17. The first-order valence-corrected chi connectivity index (χ1v) is 4.99. The predicted molar refractivity (Wildman–Crippen MR) is 53.4 cm³/mol. The first kappa shape index (κ1) is 13.9. The molecule has 1 N–H and O–H groups in total. The third-order valence-electron chi connectivity index (χ3n) is 2.54. The highest BCUT2D eigenvalue weighted by Crippen LogP contribution is 2.38. The van der Waals surface area contributed by atoms with Gasteiger partial charge in [-0.2, -0.15) is 13.2 Å². The van der Waals surface area contributed by atoms with E-state index in [1.165, 1.54) is 6.92 Å². The normalized spacial score (nSPS) is 15.7. The summed E-state index contributed by atoms with van der Waals surface area (Å²) in [5.41, 5.74) is -2.95. The Morgan fingerprint density at radius 3 is 1.88 bits per heavy atom. The van der Waals surface area contributed by atoms with Crippen molar-refractivity contribution < 1.29 is 22.0 Å². The standard InChI is InChI=1S/C11H12F5N/c1-3-17-10(2,11(14,15)16)7-4-8(12)6-9(13)5-7/h4-6,17H,3H2,1-2H3. The van der Waals surface area contributed by atoms with Gasteiger partial charge in [-0.1, -0.05) is 6.92 Å². The SMILES string of the molecule is CCNC(C)(c1cc(F)cc(F)c1)C(F)(F)F. The van der Waals surface area contributed by atoms with Crippen LogP contribution in [0, 0.1) is 11.6 Å². The maximum absolute atomic E-state index is 13.0. The van der Waals surface area contributed by atoms with Crippen LogP contribution >= 0.6 is 0 Å². The Bertz CT molecular complexity index is 381. The Labute approximate surface area is 95.6 Å². The van der Waals surface area contributed by atoms with Crippen LogP contribution in [0.15, 0.2) is 18.2 Å². The molecule has 0 fully saturated rings. The molecule has 0 aliphatic carbocycles. The minimum atomic E-state index is -4.65. The van der Waals surface area contributed by atoms with Crippen LogP contribution in [0.3, 0.4) is 0 Å². The van der Waals surface area contributed by atoms with E-state index in [0.29, 0.717) is 18.2 Å². The van der Waals surface area contributed by atoms with Gasteiger partial charge in [-0.25, -0.2) is 8.78 Å². The monoisotopic (exact) mass is 253 g/mol. The van der Waals surface area contributed by atoms with Crippen molar-refractivity contribution in [3.8, 4) is 0 Å². The van der Waals surface area contributed by atoms with E-state index in [1.807, 2.05) is 0 Å². The molecule has 1 aromatic rings. The number of nitrogens with one attached hydrogen (secondary N) is 1. The highest BCUT2D eigenvalue weighted by molar-refractivity contribution is 5.27. The quantitative estimate of drug-likeness (QED) is 0.814. The van der Waals surface area contributed by atoms with E-state index in [-0.39, 0.29) is 6.54 Å². The highest BCUT2D eigenvalue weighted by Gasteiger charge is 2.52. The zero-order chi connectivity index (χ0) is 13.3. The molecular weight excluding hydrogens is 241 g/mol. The van der Waals surface area contributed by atoms with E-state index in [4.69, 9.17) is 0 Å². The van der Waals surface area contributed by atoms with E-state index in [9.17, 15) is 22.0 Å². The second-order valence-corrected chi connectivity index (χ2v) is 3.81. The summed E-state index contributed by atoms with van der Waals surface area (Å²) in [7, 11) is 0. The first-order chi connectivity index (χ1) is 7.70. The van der Waals surface area contributed by atoms with Crippen LogP contribution in [0.2, 0.25) is 0 Å². The van der Waals surface area contributed by atoms with E-state index in [1.54, 1.807) is 0 Å². The second kappa shape index (κ2) is 4.60. The van der Waals surface area contributed by atoms with E-state index in [0.717, 1.165) is 6.92 Å². The molecule has 0 aliphatic heterocycles. The van der Waals surface area contributed by atoms with Crippen LogP contribution in [-0.4, -0.2) is 12.7 Å². The van der Waals surface area contributed by atoms with Crippen molar-refractivity contribution in [3.63, 3.8) is 0 Å². The van der Waals surface area contributed by atoms with Crippen LogP contribution in [0.4, 0.5) is 22.0 Å². The van der Waals surface area contributed by atoms with Crippen molar-refractivity contribution in [3.05, 3.63) is 35.4 Å². The van der Waals surface area contributed by atoms with Gasteiger partial charge in [0.25, 0.3) is 0 Å². The summed E-state index contributed by atoms with van der Waals surface area (Å²) in [6.45, 7) is 2.36. The molecule has 0 spiro atoms. The van der Waals surface area contributed by atoms with Gasteiger partial charge in [0, 0.05) is 6.07 Å². The largest absolute Gasteiger partial charge is 0.410 e. The van der Waals surface area contributed by atoms with Crippen molar-refractivity contribution in [1.82, 2.24) is 5.32 Å². The number of alkyl halides is 3. The van der Waals surface area contributed by atoms with E-state index in [2.05, 4.69) is 5.32 Å². The maximum Gasteiger partial charge on any atom is 0.410 e. The van der Waals surface area contributed by atoms with Crippen molar-refractivity contribution in [1.29, 1.82) is 0 Å². The van der Waals surface area contributed by atoms with Gasteiger partial charge in [0.05, 0.1) is 0 Å². The molecule has 6 heteroatoms. The van der Waals surface area contributed by atoms with Gasteiger partial charge >= 0.3 is 6.18 Å². The van der Waals surface area contributed by atoms with Crippen LogP contribution in [0.5, 0.6) is 0 Å². The lowest BCUT2D eigenvalue weighted by Crippen LogP contribution is -2.51. The number of hydrogen-bond acceptors (Lipinski definition) is 1. The molecule has 0 aromatic heterocycles. The van der Waals surface area contributed by atoms with E-state index < -0.39 is 28.9 Å². The molecule has 96 valence electrons. The molecule has 0 aliphatic rings. The number of halogens is 5. The summed E-state index contributed by atoms with van der Waals surface area (Å²) < 4.78 is 64.7. The van der Waals surface area contributed by atoms with Crippen LogP contribution < -0.4 is 5.32 Å². The molecule has 1 aromatic carbocycles. The van der Waals surface area contributed by atoms with Gasteiger partial charge in [0.15, 0.2) is 0 Å². The summed E-state index contributed by atoms with van der Waals surface area (Å²) in [6.07, 6.45) is -4.65. The van der Waals surface area contributed by atoms with Gasteiger partial charge in [0.1, 0.15) is 17.2 Å². The zero-order valence-corrected chi connectivity index (χ0v) is 9.33. The fourth-order valence-corrected chi connectivity index (χ4v) is 1.56. The third-order valence-corrected chi connectivity index (χ3v) is 2.54. The van der Waals surface area contributed by atoms with Gasteiger partial charge in [-0.05, 0) is 31.2 Å². The Balaban J connectivity index is 3.32. The summed E-state index contributed by atoms with van der Waals surface area (Å²) in [6, 6.07) is 1.89. The smallest absolute Gasteiger partial charge is 0.300 e. The van der Waals surface area contributed by atoms with Crippen molar-refractivity contribution in [2.45, 2.75) is 25.6 Å². The molecule has 0 bridgehead atoms. The minimum Gasteiger partial charge on any atom is -0.300 e. The Morgan fingerprint density at radius 2 is 1.53 bits per heavy atom. The lowest BCUT2D eigenvalue weighted by atomic mass is 9.91. The average Bonchev–Trinajstić information content (AvgIpc) is 2.14. The van der Waals surface area contributed by atoms with Crippen molar-refractivity contribution >= 4 is 0 Å². The average molecular weight is 253 g/mol. The number of hydrogen-bond donors (Lipinski definition) is 1. The lowest BCUT2D eigenvalue weighted by Gasteiger charge is -2.33. The van der Waals surface area contributed by atoms with Crippen LogP contribution in [0.1, 0.15) is 19.4 Å². The second-order valence-electron chi connectivity index (χ2n) is 3.81. The van der Waals surface area contributed by atoms with Crippen LogP contribution in [0.25, 0.3) is 0 Å². The lowest BCUT2D eigenvalue weighted by molar-refractivity contribution is -0.195. The summed E-state index contributed by atoms with van der Waals surface area (Å²) >= 11 is 0. The third kappa shape index (κ3) is 2.74. The van der Waals surface area contributed by atoms with Crippen molar-refractivity contribution in [2.24, 2.45) is 0 Å². The van der Waals surface area contributed by atoms with E-state index >= 15 is 0 Å². The van der Waals surface area contributed by atoms with Gasteiger partial charge in [-0.15, -0.1) is 0 Å². The number of rotatable bonds is 3. The molecule has 0 saturated heterocycles. The summed E-state index contributed by atoms with van der Waals surface area (Å²) in [5.74, 6) is -2.07. The molecule has 0 saturated carbocycles. The number of benzene rings is 1. The molecule has 1 nitrogen and oxygen atoms in total. The topological polar surface area (TPSA) is 12.0 Å². The van der Waals surface area contributed by atoms with Gasteiger partial charge < -0.3 is 5.32 Å². The molecule has 0 amide bonds. The summed E-state index contributed by atoms with van der Waals surface area (Å²) in [4.78, 5) is 0. The van der Waals surface area contributed by atoms with Gasteiger partial charge in [-0.3, -0.25) is 0 Å². The molecule has 1 unspecified atom stereocenters. The maximum atomic E-state index is 13.0. The molecule has 17 heavy (non-hydrogen) atoms. The fraction of sp³-hybridized carbons (Fsp3) is 0.455. The molecule has 1 atom stereocenters. The predicted octanol–water partition coefficient (Wildman–Crippen LogP) is 3.35. The zero-order valence-electron chi connectivity index (χ0n) is 9.33. The molecule has 0 radical (unpaired) electrons. The minimum absolute atomic E-state index is 0.0220. The molecule has 1 rings (SSSR count). The summed E-state index contributed by atoms with van der Waals surface area (Å²) in [5, 5.41) is 2.21. The van der Waals surface area contributed by atoms with Gasteiger partial charge in [0.2, 0.25) is 0 Å². The van der Waals surface area contributed by atoms with Crippen LogP contribution in [-0.2, 0) is 5.54 Å². The molecule has 0 heterocycles. The van der Waals surface area contributed by atoms with Crippen molar-refractivity contribution in [2.75, 3.05) is 6.54 Å².